The summed E-state index contributed by atoms with van der Waals surface area (Å²) in [5.74, 6) is -0.662. The van der Waals surface area contributed by atoms with Gasteiger partial charge in [0.25, 0.3) is 10.0 Å². The largest absolute Gasteiger partial charge is 0.399 e. The Morgan fingerprint density at radius 1 is 1.25 bits per heavy atom. The monoisotopic (exact) mass is 301 g/mol. The summed E-state index contributed by atoms with van der Waals surface area (Å²) in [7, 11) is -3.81. The van der Waals surface area contributed by atoms with E-state index >= 15 is 0 Å². The molecule has 0 spiro atoms. The topological polar surface area (TPSA) is 75.4 Å². The minimum absolute atomic E-state index is 0.0881. The lowest BCUT2D eigenvalue weighted by Crippen LogP contribution is -2.53. The Morgan fingerprint density at radius 3 is 2.40 bits per heavy atom. The molecule has 0 radical (unpaired) electrons. The number of hydrogen-bond acceptors (Lipinski definition) is 4. The zero-order valence-electron chi connectivity index (χ0n) is 11.6. The number of halogens is 1. The van der Waals surface area contributed by atoms with Gasteiger partial charge in [0.2, 0.25) is 0 Å². The van der Waals surface area contributed by atoms with Crippen LogP contribution in [0.25, 0.3) is 0 Å². The molecule has 1 aliphatic heterocycles. The Bertz CT molecular complexity index is 561. The molecular weight excluding hydrogens is 281 g/mol. The maximum atomic E-state index is 13.3. The third-order valence-electron chi connectivity index (χ3n) is 3.62. The van der Waals surface area contributed by atoms with Gasteiger partial charge in [-0.1, -0.05) is 6.42 Å². The SMILES string of the molecule is CC1CCCC(C)N1NS(=O)(=O)c1cc(N)cc(F)c1. The number of piperidine rings is 1. The van der Waals surface area contributed by atoms with Crippen LogP contribution in [0.3, 0.4) is 0 Å². The predicted molar refractivity (Wildman–Crippen MR) is 75.7 cm³/mol. The van der Waals surface area contributed by atoms with Gasteiger partial charge in [-0.2, -0.15) is 0 Å². The Morgan fingerprint density at radius 2 is 1.85 bits per heavy atom. The molecule has 0 aliphatic carbocycles. The van der Waals surface area contributed by atoms with E-state index in [0.717, 1.165) is 31.4 Å². The highest BCUT2D eigenvalue weighted by Crippen LogP contribution is 2.23. The fourth-order valence-electron chi connectivity index (χ4n) is 2.53. The highest BCUT2D eigenvalue weighted by atomic mass is 32.2. The van der Waals surface area contributed by atoms with Gasteiger partial charge in [0.05, 0.1) is 4.90 Å². The zero-order chi connectivity index (χ0) is 14.9. The summed E-state index contributed by atoms with van der Waals surface area (Å²) in [5.41, 5.74) is 5.59. The van der Waals surface area contributed by atoms with Crippen LogP contribution in [0.2, 0.25) is 0 Å². The normalized spacial score (nSPS) is 24.8. The Balaban J connectivity index is 2.26. The molecule has 20 heavy (non-hydrogen) atoms. The van der Waals surface area contributed by atoms with E-state index in [0.29, 0.717) is 0 Å². The zero-order valence-corrected chi connectivity index (χ0v) is 12.5. The van der Waals surface area contributed by atoms with Crippen molar-refractivity contribution in [2.24, 2.45) is 0 Å². The number of sulfonamides is 1. The summed E-state index contributed by atoms with van der Waals surface area (Å²) < 4.78 is 37.9. The second-order valence-corrected chi connectivity index (χ2v) is 7.01. The first-order valence-electron chi connectivity index (χ1n) is 6.66. The molecule has 1 aromatic rings. The number of hydrogen-bond donors (Lipinski definition) is 2. The van der Waals surface area contributed by atoms with Crippen molar-refractivity contribution in [1.82, 2.24) is 9.84 Å². The Kier molecular flexibility index (Phi) is 4.31. The van der Waals surface area contributed by atoms with E-state index < -0.39 is 15.8 Å². The van der Waals surface area contributed by atoms with Crippen molar-refractivity contribution in [3.63, 3.8) is 0 Å². The highest BCUT2D eigenvalue weighted by Gasteiger charge is 2.29. The van der Waals surface area contributed by atoms with Crippen molar-refractivity contribution < 1.29 is 12.8 Å². The maximum Gasteiger partial charge on any atom is 0.253 e. The van der Waals surface area contributed by atoms with Gasteiger partial charge in [0.15, 0.2) is 0 Å². The van der Waals surface area contributed by atoms with Crippen molar-refractivity contribution in [3.05, 3.63) is 24.0 Å². The third-order valence-corrected chi connectivity index (χ3v) is 4.93. The lowest BCUT2D eigenvalue weighted by molar-refractivity contribution is 0.0790. The molecule has 3 N–H and O–H groups in total. The smallest absolute Gasteiger partial charge is 0.253 e. The van der Waals surface area contributed by atoms with Crippen LogP contribution in [0.1, 0.15) is 33.1 Å². The Labute approximate surface area is 119 Å². The molecule has 1 saturated heterocycles. The van der Waals surface area contributed by atoms with Crippen molar-refractivity contribution in [3.8, 4) is 0 Å². The van der Waals surface area contributed by atoms with E-state index in [-0.39, 0.29) is 22.7 Å². The number of benzene rings is 1. The number of nitrogens with two attached hydrogens (primary N) is 1. The highest BCUT2D eigenvalue weighted by molar-refractivity contribution is 7.89. The van der Waals surface area contributed by atoms with Crippen molar-refractivity contribution in [2.75, 3.05) is 5.73 Å². The van der Waals surface area contributed by atoms with Gasteiger partial charge in [-0.15, -0.1) is 4.83 Å². The lowest BCUT2D eigenvalue weighted by atomic mass is 10.0. The van der Waals surface area contributed by atoms with Gasteiger partial charge in [0.1, 0.15) is 5.82 Å². The van der Waals surface area contributed by atoms with Gasteiger partial charge in [-0.05, 0) is 44.9 Å². The van der Waals surface area contributed by atoms with Crippen molar-refractivity contribution >= 4 is 15.7 Å². The first-order valence-corrected chi connectivity index (χ1v) is 8.15. The van der Waals surface area contributed by atoms with Gasteiger partial charge < -0.3 is 5.73 Å². The second-order valence-electron chi connectivity index (χ2n) is 5.35. The molecule has 2 rings (SSSR count). The fourth-order valence-corrected chi connectivity index (χ4v) is 3.83. The number of nitrogens with one attached hydrogen (secondary N) is 1. The van der Waals surface area contributed by atoms with Crippen molar-refractivity contribution in [1.29, 1.82) is 0 Å². The standard InChI is InChI=1S/C13H20FN3O2S/c1-9-4-3-5-10(2)17(9)16-20(18,19)13-7-11(14)6-12(15)8-13/h6-10,16H,3-5,15H2,1-2H3. The number of rotatable bonds is 3. The first-order chi connectivity index (χ1) is 9.29. The average Bonchev–Trinajstić information content (AvgIpc) is 2.33. The van der Waals surface area contributed by atoms with Gasteiger partial charge in [-0.3, -0.25) is 0 Å². The summed E-state index contributed by atoms with van der Waals surface area (Å²) in [4.78, 5) is 2.40. The van der Waals surface area contributed by atoms with Crippen LogP contribution < -0.4 is 10.6 Å². The van der Waals surface area contributed by atoms with E-state index in [1.807, 2.05) is 13.8 Å². The van der Waals surface area contributed by atoms with Crippen molar-refractivity contribution in [2.45, 2.75) is 50.1 Å². The molecule has 0 bridgehead atoms. The summed E-state index contributed by atoms with van der Waals surface area (Å²) in [6.45, 7) is 3.94. The van der Waals surface area contributed by atoms with Crippen LogP contribution in [0.5, 0.6) is 0 Å². The lowest BCUT2D eigenvalue weighted by Gasteiger charge is -2.38. The molecule has 0 amide bonds. The molecule has 2 unspecified atom stereocenters. The average molecular weight is 301 g/mol. The molecule has 1 heterocycles. The van der Waals surface area contributed by atoms with E-state index in [1.54, 1.807) is 5.01 Å². The summed E-state index contributed by atoms with van der Waals surface area (Å²) in [6.07, 6.45) is 2.93. The van der Waals surface area contributed by atoms with E-state index in [9.17, 15) is 12.8 Å². The third kappa shape index (κ3) is 3.28. The number of hydrazine groups is 1. The first kappa shape index (κ1) is 15.2. The summed E-state index contributed by atoms with van der Waals surface area (Å²) in [5, 5.41) is 1.72. The van der Waals surface area contributed by atoms with E-state index in [2.05, 4.69) is 4.83 Å². The van der Waals surface area contributed by atoms with Gasteiger partial charge >= 0.3 is 0 Å². The van der Waals surface area contributed by atoms with Crippen LogP contribution in [0, 0.1) is 5.82 Å². The molecule has 0 aromatic heterocycles. The van der Waals surface area contributed by atoms with Crippen LogP contribution >= 0.6 is 0 Å². The molecule has 5 nitrogen and oxygen atoms in total. The second kappa shape index (κ2) is 5.67. The van der Waals surface area contributed by atoms with Gasteiger partial charge in [-0.25, -0.2) is 17.8 Å². The molecule has 1 fully saturated rings. The fraction of sp³-hybridized carbons (Fsp3) is 0.538. The molecule has 2 atom stereocenters. The van der Waals surface area contributed by atoms with Crippen LogP contribution in [-0.4, -0.2) is 25.5 Å². The molecular formula is C13H20FN3O2S. The van der Waals surface area contributed by atoms with Crippen LogP contribution in [0.15, 0.2) is 23.1 Å². The van der Waals surface area contributed by atoms with E-state index in [4.69, 9.17) is 5.73 Å². The quantitative estimate of drug-likeness (QED) is 0.836. The molecule has 0 saturated carbocycles. The number of nitrogens with zero attached hydrogens (tertiary/aromatic N) is 1. The molecule has 1 aliphatic rings. The summed E-state index contributed by atoms with van der Waals surface area (Å²) >= 11 is 0. The van der Waals surface area contributed by atoms with Crippen LogP contribution in [0.4, 0.5) is 10.1 Å². The van der Waals surface area contributed by atoms with E-state index in [1.165, 1.54) is 6.07 Å². The molecule has 7 heteroatoms. The van der Waals surface area contributed by atoms with Gasteiger partial charge in [0, 0.05) is 17.8 Å². The predicted octanol–water partition coefficient (Wildman–Crippen LogP) is 1.86. The number of nitrogen functional groups attached to an aromatic ring is 1. The number of anilines is 1. The molecule has 112 valence electrons. The Hall–Kier alpha value is -1.18. The summed E-state index contributed by atoms with van der Waals surface area (Å²) in [6, 6.07) is 3.53. The molecule has 1 aromatic carbocycles. The van der Waals surface area contributed by atoms with Crippen LogP contribution in [-0.2, 0) is 10.0 Å². The minimum atomic E-state index is -3.81. The minimum Gasteiger partial charge on any atom is -0.399 e. The maximum absolute atomic E-state index is 13.3.